The van der Waals surface area contributed by atoms with E-state index in [1.807, 2.05) is 30.3 Å². The summed E-state index contributed by atoms with van der Waals surface area (Å²) in [6, 6.07) is 14.3. The molecule has 0 saturated carbocycles. The molecule has 0 aliphatic heterocycles. The molecule has 2 aromatic carbocycles. The maximum atomic E-state index is 12.7. The zero-order chi connectivity index (χ0) is 16.1. The lowest BCUT2D eigenvalue weighted by atomic mass is 10.1. The van der Waals surface area contributed by atoms with Crippen LogP contribution >= 0.6 is 0 Å². The lowest BCUT2D eigenvalue weighted by molar-refractivity contribution is -0.114. The Balaban J connectivity index is 2.38. The fourth-order valence-electron chi connectivity index (χ4n) is 2.08. The van der Waals surface area contributed by atoms with Crippen LogP contribution in [-0.2, 0) is 4.79 Å². The highest BCUT2D eigenvalue weighted by molar-refractivity contribution is 6.11. The monoisotopic (exact) mass is 298 g/mol. The van der Waals surface area contributed by atoms with Crippen LogP contribution < -0.4 is 15.0 Å². The third-order valence-electron chi connectivity index (χ3n) is 3.22. The second-order valence-corrected chi connectivity index (χ2v) is 4.79. The van der Waals surface area contributed by atoms with Gasteiger partial charge < -0.3 is 15.0 Å². The van der Waals surface area contributed by atoms with E-state index in [4.69, 9.17) is 4.74 Å². The Morgan fingerprint density at radius 2 is 1.77 bits per heavy atom. The average molecular weight is 298 g/mol. The van der Waals surface area contributed by atoms with Crippen LogP contribution in [0.25, 0.3) is 0 Å². The van der Waals surface area contributed by atoms with E-state index in [0.29, 0.717) is 17.0 Å². The molecule has 0 spiro atoms. The lowest BCUT2D eigenvalue weighted by Gasteiger charge is -2.19. The minimum absolute atomic E-state index is 0.211. The Hall–Kier alpha value is -2.82. The van der Waals surface area contributed by atoms with Crippen LogP contribution in [0, 0.1) is 0 Å². The number of carbonyl (C=O) groups is 2. The molecule has 2 amide bonds. The van der Waals surface area contributed by atoms with E-state index in [0.717, 1.165) is 5.69 Å². The number of hydrogen-bond donors (Lipinski definition) is 1. The van der Waals surface area contributed by atoms with Gasteiger partial charge in [0, 0.05) is 25.7 Å². The van der Waals surface area contributed by atoms with Gasteiger partial charge in [-0.1, -0.05) is 18.2 Å². The number of benzene rings is 2. The molecule has 1 N–H and O–H groups in total. The highest BCUT2D eigenvalue weighted by Gasteiger charge is 2.18. The summed E-state index contributed by atoms with van der Waals surface area (Å²) >= 11 is 0. The Morgan fingerprint density at radius 1 is 1.09 bits per heavy atom. The molecule has 0 fully saturated rings. The molecule has 0 heterocycles. The first-order valence-corrected chi connectivity index (χ1v) is 6.81. The summed E-state index contributed by atoms with van der Waals surface area (Å²) in [5.41, 5.74) is 1.61. The van der Waals surface area contributed by atoms with Crippen LogP contribution in [0.1, 0.15) is 17.3 Å². The molecular formula is C17H18N2O3. The van der Waals surface area contributed by atoms with Gasteiger partial charge in [-0.3, -0.25) is 9.59 Å². The van der Waals surface area contributed by atoms with Gasteiger partial charge in [-0.15, -0.1) is 0 Å². The van der Waals surface area contributed by atoms with E-state index in [1.54, 1.807) is 25.2 Å². The molecule has 5 nitrogen and oxygen atoms in total. The van der Waals surface area contributed by atoms with Gasteiger partial charge in [0.15, 0.2) is 0 Å². The fourth-order valence-corrected chi connectivity index (χ4v) is 2.08. The van der Waals surface area contributed by atoms with Crippen molar-refractivity contribution in [3.63, 3.8) is 0 Å². The van der Waals surface area contributed by atoms with Crippen molar-refractivity contribution in [1.82, 2.24) is 0 Å². The zero-order valence-corrected chi connectivity index (χ0v) is 12.8. The van der Waals surface area contributed by atoms with E-state index in [2.05, 4.69) is 5.32 Å². The Labute approximate surface area is 129 Å². The van der Waals surface area contributed by atoms with Crippen LogP contribution in [0.3, 0.4) is 0 Å². The van der Waals surface area contributed by atoms with Gasteiger partial charge in [-0.2, -0.15) is 0 Å². The van der Waals surface area contributed by atoms with Crippen molar-refractivity contribution in [3.05, 3.63) is 54.1 Å². The summed E-state index contributed by atoms with van der Waals surface area (Å²) in [4.78, 5) is 25.6. The number of hydrogen-bond acceptors (Lipinski definition) is 3. The van der Waals surface area contributed by atoms with Crippen molar-refractivity contribution in [2.24, 2.45) is 0 Å². The van der Waals surface area contributed by atoms with E-state index in [1.165, 1.54) is 18.9 Å². The largest absolute Gasteiger partial charge is 0.497 e. The molecule has 2 aromatic rings. The fraction of sp³-hybridized carbons (Fsp3) is 0.176. The zero-order valence-electron chi connectivity index (χ0n) is 12.8. The van der Waals surface area contributed by atoms with Crippen molar-refractivity contribution in [2.45, 2.75) is 6.92 Å². The molecule has 5 heteroatoms. The normalized spacial score (nSPS) is 9.95. The number of carbonyl (C=O) groups excluding carboxylic acids is 2. The molecular weight excluding hydrogens is 280 g/mol. The molecule has 0 bridgehead atoms. The molecule has 0 radical (unpaired) electrons. The van der Waals surface area contributed by atoms with E-state index < -0.39 is 0 Å². The third-order valence-corrected chi connectivity index (χ3v) is 3.22. The second kappa shape index (κ2) is 6.76. The summed E-state index contributed by atoms with van der Waals surface area (Å²) < 4.78 is 5.14. The first-order chi connectivity index (χ1) is 10.5. The van der Waals surface area contributed by atoms with Gasteiger partial charge in [-0.05, 0) is 24.3 Å². The summed E-state index contributed by atoms with van der Waals surface area (Å²) in [5, 5.41) is 2.67. The first-order valence-electron chi connectivity index (χ1n) is 6.81. The molecule has 0 saturated heterocycles. The SMILES string of the molecule is COc1ccc(C(=O)N(C)c2ccccc2)c(NC(C)=O)c1. The maximum Gasteiger partial charge on any atom is 0.260 e. The summed E-state index contributed by atoms with van der Waals surface area (Å²) in [6.07, 6.45) is 0. The molecule has 0 aliphatic carbocycles. The number of ether oxygens (including phenoxy) is 1. The number of nitrogens with zero attached hydrogens (tertiary/aromatic N) is 1. The molecule has 2 rings (SSSR count). The third kappa shape index (κ3) is 3.44. The van der Waals surface area contributed by atoms with Crippen LogP contribution in [0.5, 0.6) is 5.75 Å². The van der Waals surface area contributed by atoms with Gasteiger partial charge in [0.2, 0.25) is 5.91 Å². The average Bonchev–Trinajstić information content (AvgIpc) is 2.53. The van der Waals surface area contributed by atoms with Crippen molar-refractivity contribution in [2.75, 3.05) is 24.4 Å². The number of methoxy groups -OCH3 is 1. The van der Waals surface area contributed by atoms with Gasteiger partial charge in [0.1, 0.15) is 5.75 Å². The highest BCUT2D eigenvalue weighted by atomic mass is 16.5. The van der Waals surface area contributed by atoms with Crippen LogP contribution in [-0.4, -0.2) is 26.0 Å². The number of nitrogens with one attached hydrogen (secondary N) is 1. The number of para-hydroxylation sites is 1. The summed E-state index contributed by atoms with van der Waals surface area (Å²) in [7, 11) is 3.23. The summed E-state index contributed by atoms with van der Waals surface area (Å²) in [5.74, 6) is 0.116. The molecule has 114 valence electrons. The van der Waals surface area contributed by atoms with E-state index in [9.17, 15) is 9.59 Å². The quantitative estimate of drug-likeness (QED) is 0.944. The summed E-state index contributed by atoms with van der Waals surface area (Å²) in [6.45, 7) is 1.40. The van der Waals surface area contributed by atoms with Gasteiger partial charge in [0.05, 0.1) is 18.4 Å². The Bertz CT molecular complexity index is 684. The molecule has 0 atom stereocenters. The van der Waals surface area contributed by atoms with Crippen LogP contribution in [0.2, 0.25) is 0 Å². The smallest absolute Gasteiger partial charge is 0.260 e. The van der Waals surface area contributed by atoms with Gasteiger partial charge in [-0.25, -0.2) is 0 Å². The first kappa shape index (κ1) is 15.6. The molecule has 0 aliphatic rings. The van der Waals surface area contributed by atoms with Crippen molar-refractivity contribution in [3.8, 4) is 5.75 Å². The predicted molar refractivity (Wildman–Crippen MR) is 86.5 cm³/mol. The minimum Gasteiger partial charge on any atom is -0.497 e. The van der Waals surface area contributed by atoms with Crippen molar-refractivity contribution >= 4 is 23.2 Å². The second-order valence-electron chi connectivity index (χ2n) is 4.79. The number of amides is 2. The van der Waals surface area contributed by atoms with Crippen LogP contribution in [0.15, 0.2) is 48.5 Å². The van der Waals surface area contributed by atoms with E-state index >= 15 is 0 Å². The van der Waals surface area contributed by atoms with Gasteiger partial charge in [0.25, 0.3) is 5.91 Å². The number of rotatable bonds is 4. The Kier molecular flexibility index (Phi) is 4.78. The number of anilines is 2. The van der Waals surface area contributed by atoms with E-state index in [-0.39, 0.29) is 11.8 Å². The predicted octanol–water partition coefficient (Wildman–Crippen LogP) is 2.93. The van der Waals surface area contributed by atoms with Crippen molar-refractivity contribution in [1.29, 1.82) is 0 Å². The minimum atomic E-state index is -0.246. The van der Waals surface area contributed by atoms with Gasteiger partial charge >= 0.3 is 0 Å². The van der Waals surface area contributed by atoms with Crippen molar-refractivity contribution < 1.29 is 14.3 Å². The molecule has 0 unspecified atom stereocenters. The lowest BCUT2D eigenvalue weighted by Crippen LogP contribution is -2.27. The molecule has 0 aromatic heterocycles. The topological polar surface area (TPSA) is 58.6 Å². The Morgan fingerprint density at radius 3 is 2.36 bits per heavy atom. The van der Waals surface area contributed by atoms with Crippen LogP contribution in [0.4, 0.5) is 11.4 Å². The maximum absolute atomic E-state index is 12.7. The highest BCUT2D eigenvalue weighted by Crippen LogP contribution is 2.25. The molecule has 22 heavy (non-hydrogen) atoms. The standard InChI is InChI=1S/C17H18N2O3/c1-12(20)18-16-11-14(22-3)9-10-15(16)17(21)19(2)13-7-5-4-6-8-13/h4-11H,1-3H3,(H,18,20).